The van der Waals surface area contributed by atoms with E-state index in [0.717, 1.165) is 22.8 Å². The van der Waals surface area contributed by atoms with E-state index in [2.05, 4.69) is 0 Å². The second-order valence-corrected chi connectivity index (χ2v) is 5.03. The van der Waals surface area contributed by atoms with Gasteiger partial charge in [0.1, 0.15) is 5.82 Å². The van der Waals surface area contributed by atoms with Crippen molar-refractivity contribution in [3.05, 3.63) is 70.0 Å². The van der Waals surface area contributed by atoms with Gasteiger partial charge in [-0.25, -0.2) is 13.2 Å². The number of rotatable bonds is 3. The lowest BCUT2D eigenvalue weighted by molar-refractivity contribution is 0.484. The number of hydrogen-bond acceptors (Lipinski definition) is 1. The van der Waals surface area contributed by atoms with Gasteiger partial charge in [0.15, 0.2) is 11.6 Å². The second-order valence-electron chi connectivity index (χ2n) is 5.03. The van der Waals surface area contributed by atoms with Crippen molar-refractivity contribution in [3.63, 3.8) is 0 Å². The van der Waals surface area contributed by atoms with Crippen LogP contribution in [0.5, 0.6) is 0 Å². The van der Waals surface area contributed by atoms with Gasteiger partial charge in [-0.1, -0.05) is 23.8 Å². The van der Waals surface area contributed by atoms with E-state index in [-0.39, 0.29) is 5.56 Å². The van der Waals surface area contributed by atoms with Gasteiger partial charge in [-0.15, -0.1) is 0 Å². The van der Waals surface area contributed by atoms with E-state index < -0.39 is 23.5 Å². The van der Waals surface area contributed by atoms with Crippen LogP contribution in [-0.2, 0) is 6.42 Å². The van der Waals surface area contributed by atoms with Gasteiger partial charge in [0.05, 0.1) is 0 Å². The molecule has 0 radical (unpaired) electrons. The molecular formula is C16H16F3N. The summed E-state index contributed by atoms with van der Waals surface area (Å²) in [5.41, 5.74) is 9.01. The Morgan fingerprint density at radius 3 is 2.30 bits per heavy atom. The molecule has 0 amide bonds. The number of benzene rings is 2. The van der Waals surface area contributed by atoms with Crippen LogP contribution >= 0.6 is 0 Å². The molecule has 0 bridgehead atoms. The molecule has 0 fully saturated rings. The Balaban J connectivity index is 2.30. The maximum atomic E-state index is 13.7. The monoisotopic (exact) mass is 279 g/mol. The molecule has 2 rings (SSSR count). The first-order chi connectivity index (χ1) is 9.38. The third-order valence-corrected chi connectivity index (χ3v) is 3.38. The fraction of sp³-hybridized carbons (Fsp3) is 0.250. The topological polar surface area (TPSA) is 26.0 Å². The smallest absolute Gasteiger partial charge is 0.161 e. The van der Waals surface area contributed by atoms with Gasteiger partial charge in [0.2, 0.25) is 0 Å². The first-order valence-electron chi connectivity index (χ1n) is 6.34. The lowest BCUT2D eigenvalue weighted by Gasteiger charge is -2.15. The van der Waals surface area contributed by atoms with Crippen LogP contribution < -0.4 is 5.73 Å². The van der Waals surface area contributed by atoms with Crippen molar-refractivity contribution < 1.29 is 13.2 Å². The molecule has 0 saturated heterocycles. The maximum Gasteiger partial charge on any atom is 0.161 e. The summed E-state index contributed by atoms with van der Waals surface area (Å²) in [7, 11) is 0. The molecule has 1 atom stereocenters. The van der Waals surface area contributed by atoms with E-state index in [1.165, 1.54) is 0 Å². The van der Waals surface area contributed by atoms with Crippen LogP contribution in [0.2, 0.25) is 0 Å². The van der Waals surface area contributed by atoms with Gasteiger partial charge in [0, 0.05) is 17.7 Å². The molecule has 0 spiro atoms. The number of hydrogen-bond donors (Lipinski definition) is 1. The molecule has 20 heavy (non-hydrogen) atoms. The third kappa shape index (κ3) is 3.02. The Bertz CT molecular complexity index is 638. The molecule has 106 valence electrons. The molecule has 4 heteroatoms. The molecule has 0 aliphatic rings. The Labute approximate surface area is 116 Å². The molecule has 0 aliphatic heterocycles. The van der Waals surface area contributed by atoms with Crippen LogP contribution in [0, 0.1) is 31.3 Å². The van der Waals surface area contributed by atoms with Crippen LogP contribution in [0.25, 0.3) is 0 Å². The Kier molecular flexibility index (Phi) is 4.14. The summed E-state index contributed by atoms with van der Waals surface area (Å²) in [6.07, 6.45) is 0.371. The van der Waals surface area contributed by atoms with E-state index in [1.54, 1.807) is 0 Å². The van der Waals surface area contributed by atoms with Crippen molar-refractivity contribution >= 4 is 0 Å². The summed E-state index contributed by atoms with van der Waals surface area (Å²) in [6, 6.07) is 6.55. The highest BCUT2D eigenvalue weighted by Crippen LogP contribution is 2.23. The van der Waals surface area contributed by atoms with E-state index in [9.17, 15) is 13.2 Å². The number of nitrogens with two attached hydrogens (primary N) is 1. The minimum absolute atomic E-state index is 0.00944. The summed E-state index contributed by atoms with van der Waals surface area (Å²) < 4.78 is 39.8. The summed E-state index contributed by atoms with van der Waals surface area (Å²) in [5, 5.41) is 0. The first-order valence-corrected chi connectivity index (χ1v) is 6.34. The van der Waals surface area contributed by atoms with Crippen molar-refractivity contribution in [2.45, 2.75) is 26.3 Å². The first kappa shape index (κ1) is 14.6. The molecule has 1 unspecified atom stereocenters. The minimum atomic E-state index is -1.20. The average Bonchev–Trinajstić information content (AvgIpc) is 2.38. The highest BCUT2D eigenvalue weighted by atomic mass is 19.2. The van der Waals surface area contributed by atoms with Crippen LogP contribution in [0.3, 0.4) is 0 Å². The van der Waals surface area contributed by atoms with Crippen LogP contribution in [-0.4, -0.2) is 0 Å². The molecule has 0 saturated carbocycles. The summed E-state index contributed by atoms with van der Waals surface area (Å²) in [6.45, 7) is 3.88. The van der Waals surface area contributed by atoms with Gasteiger partial charge in [-0.2, -0.15) is 0 Å². The van der Waals surface area contributed by atoms with Gasteiger partial charge in [0.25, 0.3) is 0 Å². The fourth-order valence-electron chi connectivity index (χ4n) is 2.19. The molecular weight excluding hydrogens is 263 g/mol. The maximum absolute atomic E-state index is 13.7. The van der Waals surface area contributed by atoms with Gasteiger partial charge in [-0.05, 0) is 37.5 Å². The van der Waals surface area contributed by atoms with Gasteiger partial charge >= 0.3 is 0 Å². The minimum Gasteiger partial charge on any atom is -0.324 e. The van der Waals surface area contributed by atoms with Crippen LogP contribution in [0.1, 0.15) is 28.3 Å². The zero-order chi connectivity index (χ0) is 14.9. The zero-order valence-corrected chi connectivity index (χ0v) is 11.4. The summed E-state index contributed by atoms with van der Waals surface area (Å²) in [4.78, 5) is 0. The van der Waals surface area contributed by atoms with Crippen molar-refractivity contribution in [1.82, 2.24) is 0 Å². The van der Waals surface area contributed by atoms with Crippen molar-refractivity contribution in [2.24, 2.45) is 5.73 Å². The van der Waals surface area contributed by atoms with Crippen LogP contribution in [0.15, 0.2) is 30.3 Å². The second kappa shape index (κ2) is 5.67. The predicted molar refractivity (Wildman–Crippen MR) is 72.9 cm³/mol. The highest BCUT2D eigenvalue weighted by Gasteiger charge is 2.17. The number of halogens is 3. The molecule has 2 aromatic carbocycles. The Morgan fingerprint density at radius 2 is 1.60 bits per heavy atom. The molecule has 0 heterocycles. The van der Waals surface area contributed by atoms with E-state index in [0.29, 0.717) is 12.5 Å². The molecule has 0 aliphatic carbocycles. The summed E-state index contributed by atoms with van der Waals surface area (Å²) in [5.74, 6) is -3.11. The standard InChI is InChI=1S/C16H16F3N/c1-9-3-4-10(2)11(5-9)6-16(20)12-7-14(18)15(19)8-13(12)17/h3-5,7-8,16H,6,20H2,1-2H3. The number of aryl methyl sites for hydroxylation is 2. The Hall–Kier alpha value is -1.81. The third-order valence-electron chi connectivity index (χ3n) is 3.38. The van der Waals surface area contributed by atoms with E-state index in [4.69, 9.17) is 5.73 Å². The average molecular weight is 279 g/mol. The lowest BCUT2D eigenvalue weighted by atomic mass is 9.95. The fourth-order valence-corrected chi connectivity index (χ4v) is 2.19. The SMILES string of the molecule is Cc1ccc(C)c(CC(N)c2cc(F)c(F)cc2F)c1. The molecule has 0 aromatic heterocycles. The van der Waals surface area contributed by atoms with E-state index >= 15 is 0 Å². The van der Waals surface area contributed by atoms with Gasteiger partial charge in [-0.3, -0.25) is 0 Å². The summed E-state index contributed by atoms with van der Waals surface area (Å²) >= 11 is 0. The molecule has 1 nitrogen and oxygen atoms in total. The highest BCUT2D eigenvalue weighted by molar-refractivity contribution is 5.33. The normalized spacial score (nSPS) is 12.5. The van der Waals surface area contributed by atoms with Gasteiger partial charge < -0.3 is 5.73 Å². The molecule has 2 aromatic rings. The quantitative estimate of drug-likeness (QED) is 0.845. The lowest BCUT2D eigenvalue weighted by Crippen LogP contribution is -2.16. The van der Waals surface area contributed by atoms with Crippen molar-refractivity contribution in [3.8, 4) is 0 Å². The van der Waals surface area contributed by atoms with Crippen molar-refractivity contribution in [1.29, 1.82) is 0 Å². The Morgan fingerprint density at radius 1 is 0.950 bits per heavy atom. The molecule has 2 N–H and O–H groups in total. The zero-order valence-electron chi connectivity index (χ0n) is 11.4. The predicted octanol–water partition coefficient (Wildman–Crippen LogP) is 3.96. The van der Waals surface area contributed by atoms with Crippen molar-refractivity contribution in [2.75, 3.05) is 0 Å². The van der Waals surface area contributed by atoms with Crippen LogP contribution in [0.4, 0.5) is 13.2 Å². The largest absolute Gasteiger partial charge is 0.324 e. The van der Waals surface area contributed by atoms with E-state index in [1.807, 2.05) is 32.0 Å².